The molecule has 0 spiro atoms. The Kier molecular flexibility index (Phi) is 5.40. The van der Waals surface area contributed by atoms with Crippen molar-refractivity contribution in [3.63, 3.8) is 0 Å². The number of carbonyl (C=O) groups is 4. The van der Waals surface area contributed by atoms with Gasteiger partial charge >= 0.3 is 5.97 Å². The van der Waals surface area contributed by atoms with E-state index in [4.69, 9.17) is 23.2 Å². The topological polar surface area (TPSA) is 92.8 Å². The number of amides is 3. The van der Waals surface area contributed by atoms with E-state index >= 15 is 0 Å². The number of methoxy groups -OCH3 is 1. The minimum Gasteiger partial charge on any atom is -0.465 e. The van der Waals surface area contributed by atoms with Gasteiger partial charge in [-0.2, -0.15) is 0 Å². The number of ether oxygens (including phenoxy) is 1. The van der Waals surface area contributed by atoms with Crippen molar-refractivity contribution in [1.82, 2.24) is 4.90 Å². The fourth-order valence-electron chi connectivity index (χ4n) is 2.81. The Morgan fingerprint density at radius 2 is 1.61 bits per heavy atom. The van der Waals surface area contributed by atoms with E-state index in [2.05, 4.69) is 10.1 Å². The second-order valence-electron chi connectivity index (χ2n) is 6.08. The predicted octanol–water partition coefficient (Wildman–Crippen LogP) is 3.32. The molecule has 1 N–H and O–H groups in total. The Bertz CT molecular complexity index is 994. The molecule has 0 saturated carbocycles. The van der Waals surface area contributed by atoms with Gasteiger partial charge in [0.15, 0.2) is 0 Å². The van der Waals surface area contributed by atoms with Gasteiger partial charge in [0, 0.05) is 5.69 Å². The number of nitrogens with zero attached hydrogens (tertiary/aromatic N) is 1. The molecule has 1 aliphatic heterocycles. The fourth-order valence-corrected chi connectivity index (χ4v) is 3.14. The Balaban J connectivity index is 1.75. The number of aryl methyl sites for hydroxylation is 1. The van der Waals surface area contributed by atoms with E-state index in [0.29, 0.717) is 16.8 Å². The van der Waals surface area contributed by atoms with Crippen molar-refractivity contribution >= 4 is 52.6 Å². The molecule has 0 radical (unpaired) electrons. The van der Waals surface area contributed by atoms with Gasteiger partial charge in [0.1, 0.15) is 6.54 Å². The van der Waals surface area contributed by atoms with E-state index in [-0.39, 0.29) is 21.2 Å². The van der Waals surface area contributed by atoms with Crippen molar-refractivity contribution in [2.75, 3.05) is 19.0 Å². The summed E-state index contributed by atoms with van der Waals surface area (Å²) in [6.45, 7) is 1.23. The number of hydrogen-bond donors (Lipinski definition) is 1. The Hall–Kier alpha value is -2.90. The number of carbonyl (C=O) groups excluding carboxylic acids is 4. The van der Waals surface area contributed by atoms with Crippen LogP contribution in [0.25, 0.3) is 0 Å². The first-order chi connectivity index (χ1) is 13.2. The summed E-state index contributed by atoms with van der Waals surface area (Å²) < 4.78 is 4.65. The zero-order chi connectivity index (χ0) is 20.6. The van der Waals surface area contributed by atoms with Gasteiger partial charge in [0.25, 0.3) is 11.8 Å². The maximum atomic E-state index is 12.5. The lowest BCUT2D eigenvalue weighted by atomic mass is 10.1. The summed E-state index contributed by atoms with van der Waals surface area (Å²) in [5.74, 6) is -2.30. The number of anilines is 1. The average molecular weight is 421 g/mol. The minimum absolute atomic E-state index is 0.103. The third-order valence-corrected chi connectivity index (χ3v) is 4.96. The molecule has 3 amide bonds. The predicted molar refractivity (Wildman–Crippen MR) is 103 cm³/mol. The molecule has 0 aliphatic carbocycles. The van der Waals surface area contributed by atoms with E-state index in [9.17, 15) is 19.2 Å². The molecule has 9 heteroatoms. The van der Waals surface area contributed by atoms with Gasteiger partial charge in [0.05, 0.1) is 33.8 Å². The molecule has 0 bridgehead atoms. The number of fused-ring (bicyclic) bond motifs is 1. The van der Waals surface area contributed by atoms with Crippen molar-refractivity contribution in [1.29, 1.82) is 0 Å². The molecule has 0 saturated heterocycles. The van der Waals surface area contributed by atoms with E-state index in [1.54, 1.807) is 19.1 Å². The van der Waals surface area contributed by atoms with Crippen LogP contribution in [0.3, 0.4) is 0 Å². The number of halogens is 2. The monoisotopic (exact) mass is 420 g/mol. The van der Waals surface area contributed by atoms with Crippen molar-refractivity contribution in [3.8, 4) is 0 Å². The van der Waals surface area contributed by atoms with Gasteiger partial charge < -0.3 is 10.1 Å². The van der Waals surface area contributed by atoms with Crippen molar-refractivity contribution in [2.45, 2.75) is 6.92 Å². The highest BCUT2D eigenvalue weighted by Gasteiger charge is 2.37. The van der Waals surface area contributed by atoms with Crippen LogP contribution >= 0.6 is 23.2 Å². The summed E-state index contributed by atoms with van der Waals surface area (Å²) in [7, 11) is 1.27. The Morgan fingerprint density at radius 1 is 1.04 bits per heavy atom. The second-order valence-corrected chi connectivity index (χ2v) is 6.89. The number of esters is 1. The lowest BCUT2D eigenvalue weighted by Crippen LogP contribution is -2.37. The van der Waals surface area contributed by atoms with Crippen molar-refractivity contribution < 1.29 is 23.9 Å². The molecular weight excluding hydrogens is 407 g/mol. The molecular formula is C19H14Cl2N2O5. The third kappa shape index (κ3) is 3.58. The van der Waals surface area contributed by atoms with Gasteiger partial charge in [-0.1, -0.05) is 23.2 Å². The van der Waals surface area contributed by atoms with Crippen LogP contribution in [0.4, 0.5) is 5.69 Å². The SMILES string of the molecule is COC(=O)c1ccc(NC(=O)CN2C(=O)c3cc(Cl)c(Cl)cc3C2=O)c(C)c1. The summed E-state index contributed by atoms with van der Waals surface area (Å²) in [5, 5.41) is 2.92. The maximum absolute atomic E-state index is 12.5. The first-order valence-electron chi connectivity index (χ1n) is 8.07. The Labute approximate surface area is 170 Å². The van der Waals surface area contributed by atoms with Crippen LogP contribution in [0.2, 0.25) is 10.0 Å². The summed E-state index contributed by atoms with van der Waals surface area (Å²) in [6.07, 6.45) is 0. The Morgan fingerprint density at radius 3 is 2.11 bits per heavy atom. The van der Waals surface area contributed by atoms with Gasteiger partial charge in [-0.25, -0.2) is 4.79 Å². The van der Waals surface area contributed by atoms with Gasteiger partial charge in [-0.15, -0.1) is 0 Å². The number of imide groups is 1. The standard InChI is InChI=1S/C19H14Cl2N2O5/c1-9-5-10(19(27)28-2)3-4-15(9)22-16(24)8-23-17(25)11-6-13(20)14(21)7-12(11)18(23)26/h3-7H,8H2,1-2H3,(H,22,24). The van der Waals surface area contributed by atoms with E-state index in [1.807, 2.05) is 0 Å². The zero-order valence-electron chi connectivity index (χ0n) is 14.8. The maximum Gasteiger partial charge on any atom is 0.337 e. The van der Waals surface area contributed by atoms with Crippen LogP contribution in [0, 0.1) is 6.92 Å². The molecule has 1 heterocycles. The quantitative estimate of drug-likeness (QED) is 0.604. The molecule has 3 rings (SSSR count). The molecule has 1 aliphatic rings. The van der Waals surface area contributed by atoms with Crippen molar-refractivity contribution in [3.05, 3.63) is 62.6 Å². The fraction of sp³-hybridized carbons (Fsp3) is 0.158. The van der Waals surface area contributed by atoms with Crippen LogP contribution in [-0.4, -0.2) is 42.2 Å². The molecule has 0 aromatic heterocycles. The van der Waals surface area contributed by atoms with E-state index in [0.717, 1.165) is 4.90 Å². The van der Waals surface area contributed by atoms with Crippen LogP contribution in [0.5, 0.6) is 0 Å². The van der Waals surface area contributed by atoms with Crippen LogP contribution in [0.15, 0.2) is 30.3 Å². The van der Waals surface area contributed by atoms with Gasteiger partial charge in [-0.3, -0.25) is 19.3 Å². The summed E-state index contributed by atoms with van der Waals surface area (Å²) in [5.41, 5.74) is 1.61. The molecule has 2 aromatic rings. The van der Waals surface area contributed by atoms with Gasteiger partial charge in [0.2, 0.25) is 5.91 Å². The molecule has 7 nitrogen and oxygen atoms in total. The molecule has 0 atom stereocenters. The smallest absolute Gasteiger partial charge is 0.337 e. The number of hydrogen-bond acceptors (Lipinski definition) is 5. The minimum atomic E-state index is -0.619. The molecule has 2 aromatic carbocycles. The van der Waals surface area contributed by atoms with Crippen molar-refractivity contribution in [2.24, 2.45) is 0 Å². The third-order valence-electron chi connectivity index (χ3n) is 4.23. The second kappa shape index (κ2) is 7.61. The molecule has 0 unspecified atom stereocenters. The summed E-state index contributed by atoms with van der Waals surface area (Å²) >= 11 is 11.8. The van der Waals surface area contributed by atoms with Crippen LogP contribution in [-0.2, 0) is 9.53 Å². The van der Waals surface area contributed by atoms with Crippen LogP contribution in [0.1, 0.15) is 36.6 Å². The molecule has 144 valence electrons. The first-order valence-corrected chi connectivity index (χ1v) is 8.82. The summed E-state index contributed by atoms with van der Waals surface area (Å²) in [6, 6.07) is 7.23. The average Bonchev–Trinajstić information content (AvgIpc) is 2.87. The number of rotatable bonds is 4. The lowest BCUT2D eigenvalue weighted by molar-refractivity contribution is -0.116. The summed E-state index contributed by atoms with van der Waals surface area (Å²) in [4.78, 5) is 49.6. The largest absolute Gasteiger partial charge is 0.465 e. The molecule has 28 heavy (non-hydrogen) atoms. The van der Waals surface area contributed by atoms with Crippen LogP contribution < -0.4 is 5.32 Å². The highest BCUT2D eigenvalue weighted by molar-refractivity contribution is 6.43. The zero-order valence-corrected chi connectivity index (χ0v) is 16.4. The van der Waals surface area contributed by atoms with Gasteiger partial charge in [-0.05, 0) is 42.8 Å². The highest BCUT2D eigenvalue weighted by atomic mass is 35.5. The van der Waals surface area contributed by atoms with E-state index in [1.165, 1.54) is 25.3 Å². The highest BCUT2D eigenvalue weighted by Crippen LogP contribution is 2.31. The number of nitrogens with one attached hydrogen (secondary N) is 1. The molecule has 0 fully saturated rings. The lowest BCUT2D eigenvalue weighted by Gasteiger charge is -2.15. The first kappa shape index (κ1) is 19.9. The normalized spacial score (nSPS) is 12.8. The number of benzene rings is 2. The van der Waals surface area contributed by atoms with E-state index < -0.39 is 30.2 Å².